The number of carbonyl (C=O) groups excluding carboxylic acids is 1. The third kappa shape index (κ3) is 8.26. The molecule has 0 spiro atoms. The third-order valence-electron chi connectivity index (χ3n) is 7.97. The number of carboxylic acids is 1. The maximum absolute atomic E-state index is 13.9. The second-order valence-electron chi connectivity index (χ2n) is 12.6. The highest BCUT2D eigenvalue weighted by atomic mass is 32.2. The van der Waals surface area contributed by atoms with Crippen LogP contribution in [-0.2, 0) is 26.0 Å². The lowest BCUT2D eigenvalue weighted by Crippen LogP contribution is -2.46. The molecule has 0 aromatic heterocycles. The number of carboxylic acid groups (broad SMARTS) is 1. The molecular weight excluding hydrogens is 594 g/mol. The lowest BCUT2D eigenvalue weighted by Gasteiger charge is -2.37. The number of hydrogen-bond acceptors (Lipinski definition) is 6. The topological polar surface area (TPSA) is 113 Å². The maximum atomic E-state index is 13.9. The Labute approximate surface area is 258 Å². The fourth-order valence-corrected chi connectivity index (χ4v) is 7.50. The minimum atomic E-state index is -4.17. The predicted molar refractivity (Wildman–Crippen MR) is 161 cm³/mol. The molecule has 0 radical (unpaired) electrons. The van der Waals surface area contributed by atoms with Crippen LogP contribution in [0.25, 0.3) is 0 Å². The molecule has 2 fully saturated rings. The minimum absolute atomic E-state index is 0.0898. The van der Waals surface area contributed by atoms with Crippen LogP contribution in [0.15, 0.2) is 47.4 Å². The lowest BCUT2D eigenvalue weighted by molar-refractivity contribution is -0.140. The van der Waals surface area contributed by atoms with Crippen LogP contribution in [0.1, 0.15) is 76.8 Å². The first-order valence-corrected chi connectivity index (χ1v) is 16.5. The quantitative estimate of drug-likeness (QED) is 0.306. The number of alkyl halides is 2. The molecule has 2 aromatic carbocycles. The smallest absolute Gasteiger partial charge is 0.410 e. The summed E-state index contributed by atoms with van der Waals surface area (Å²) in [6, 6.07) is 10.4. The van der Waals surface area contributed by atoms with Crippen LogP contribution in [-0.4, -0.2) is 71.5 Å². The van der Waals surface area contributed by atoms with Crippen molar-refractivity contribution in [3.05, 3.63) is 53.6 Å². The van der Waals surface area contributed by atoms with Gasteiger partial charge in [0, 0.05) is 32.0 Å². The van der Waals surface area contributed by atoms with E-state index in [0.717, 1.165) is 15.4 Å². The molecule has 242 valence electrons. The zero-order chi connectivity index (χ0) is 32.3. The Morgan fingerprint density at radius 3 is 2.41 bits per heavy atom. The average molecular weight is 637 g/mol. The largest absolute Gasteiger partial charge is 0.480 e. The number of carbonyl (C=O) groups is 2. The number of benzene rings is 2. The normalized spacial score (nSPS) is 19.5. The first kappa shape index (κ1) is 33.6. The number of amides is 1. The second kappa shape index (κ2) is 13.4. The van der Waals surface area contributed by atoms with Gasteiger partial charge in [-0.2, -0.15) is 4.31 Å². The van der Waals surface area contributed by atoms with E-state index in [1.54, 1.807) is 56.9 Å². The predicted octanol–water partition coefficient (Wildman–Crippen LogP) is 6.77. The molecule has 2 aromatic rings. The van der Waals surface area contributed by atoms with Gasteiger partial charge in [0.2, 0.25) is 15.9 Å². The van der Waals surface area contributed by atoms with Gasteiger partial charge in [-0.25, -0.2) is 22.0 Å². The van der Waals surface area contributed by atoms with Crippen molar-refractivity contribution >= 4 is 22.1 Å². The molecule has 1 saturated carbocycles. The van der Waals surface area contributed by atoms with E-state index in [9.17, 15) is 31.9 Å². The van der Waals surface area contributed by atoms with Gasteiger partial charge in [-0.3, -0.25) is 4.79 Å². The van der Waals surface area contributed by atoms with Crippen LogP contribution < -0.4 is 4.74 Å². The molecule has 12 heteroatoms. The molecule has 1 atom stereocenters. The van der Waals surface area contributed by atoms with Crippen LogP contribution >= 0.6 is 0 Å². The number of aryl methyl sites for hydroxylation is 2. The SMILES string of the molecule is Cc1ccc(S(=O)(=O)N2CCC[C@H]2C(=O)O)c(Oc2ccccc2CCCN(C(=O)OC(C)(C)C)C2CCC(F)(F)CC2)c1. The molecule has 1 amide bonds. The highest BCUT2D eigenvalue weighted by Gasteiger charge is 2.41. The number of nitrogens with zero attached hydrogens (tertiary/aromatic N) is 2. The van der Waals surface area contributed by atoms with Gasteiger partial charge in [0.15, 0.2) is 0 Å². The van der Waals surface area contributed by atoms with Crippen molar-refractivity contribution in [1.82, 2.24) is 9.21 Å². The van der Waals surface area contributed by atoms with E-state index in [-0.39, 0.29) is 61.9 Å². The van der Waals surface area contributed by atoms with E-state index in [4.69, 9.17) is 9.47 Å². The van der Waals surface area contributed by atoms with Gasteiger partial charge in [0.25, 0.3) is 0 Å². The van der Waals surface area contributed by atoms with Crippen molar-refractivity contribution in [1.29, 1.82) is 0 Å². The summed E-state index contributed by atoms with van der Waals surface area (Å²) in [5, 5.41) is 9.59. The summed E-state index contributed by atoms with van der Waals surface area (Å²) in [7, 11) is -4.17. The molecular formula is C32H42F2N2O7S. The van der Waals surface area contributed by atoms with Crippen molar-refractivity contribution in [2.75, 3.05) is 13.1 Å². The van der Waals surface area contributed by atoms with Crippen LogP contribution in [0, 0.1) is 6.92 Å². The number of sulfonamides is 1. The Morgan fingerprint density at radius 2 is 1.75 bits per heavy atom. The zero-order valence-corrected chi connectivity index (χ0v) is 26.5. The van der Waals surface area contributed by atoms with Crippen molar-refractivity contribution in [3.63, 3.8) is 0 Å². The van der Waals surface area contributed by atoms with E-state index in [1.807, 2.05) is 12.1 Å². The average Bonchev–Trinajstić information content (AvgIpc) is 3.43. The number of halogens is 2. The molecule has 0 unspecified atom stereocenters. The zero-order valence-electron chi connectivity index (χ0n) is 25.7. The highest BCUT2D eigenvalue weighted by Crippen LogP contribution is 2.37. The summed E-state index contributed by atoms with van der Waals surface area (Å²) >= 11 is 0. The number of para-hydroxylation sites is 1. The van der Waals surface area contributed by atoms with Gasteiger partial charge in [-0.1, -0.05) is 24.3 Å². The van der Waals surface area contributed by atoms with Crippen LogP contribution in [0.3, 0.4) is 0 Å². The van der Waals surface area contributed by atoms with Crippen molar-refractivity contribution < 1.29 is 41.4 Å². The van der Waals surface area contributed by atoms with Crippen molar-refractivity contribution in [2.45, 2.75) is 108 Å². The molecule has 1 N–H and O–H groups in total. The molecule has 9 nitrogen and oxygen atoms in total. The molecule has 1 aliphatic heterocycles. The first-order valence-electron chi connectivity index (χ1n) is 15.1. The van der Waals surface area contributed by atoms with Gasteiger partial charge in [0.1, 0.15) is 28.0 Å². The van der Waals surface area contributed by atoms with E-state index >= 15 is 0 Å². The Bertz CT molecular complexity index is 1450. The molecule has 0 bridgehead atoms. The fourth-order valence-electron chi connectivity index (χ4n) is 5.76. The molecule has 44 heavy (non-hydrogen) atoms. The third-order valence-corrected chi connectivity index (χ3v) is 9.92. The number of rotatable bonds is 10. The lowest BCUT2D eigenvalue weighted by atomic mass is 9.91. The summed E-state index contributed by atoms with van der Waals surface area (Å²) in [6.07, 6.45) is 0.924. The Balaban J connectivity index is 1.53. The van der Waals surface area contributed by atoms with Gasteiger partial charge >= 0.3 is 12.1 Å². The minimum Gasteiger partial charge on any atom is -0.480 e. The molecule has 1 saturated heterocycles. The Kier molecular flexibility index (Phi) is 10.2. The Morgan fingerprint density at radius 1 is 1.07 bits per heavy atom. The summed E-state index contributed by atoms with van der Waals surface area (Å²) in [4.78, 5) is 26.3. The van der Waals surface area contributed by atoms with E-state index < -0.39 is 39.7 Å². The van der Waals surface area contributed by atoms with Crippen LogP contribution in [0.5, 0.6) is 11.5 Å². The maximum Gasteiger partial charge on any atom is 0.410 e. The standard InChI is InChI=1S/C32H42F2N2O7S/c1-22-13-14-28(44(40,41)36-20-8-11-25(36)29(37)38)27(21-22)42-26-12-6-5-9-23(26)10-7-19-35(30(39)43-31(2,3)4)24-15-17-32(33,34)18-16-24/h5-6,9,12-14,21,24-25H,7-8,10-11,15-20H2,1-4H3,(H,37,38)/t25-/m0/s1. The number of ether oxygens (including phenoxy) is 2. The summed E-state index contributed by atoms with van der Waals surface area (Å²) in [5.74, 6) is -3.40. The van der Waals surface area contributed by atoms with E-state index in [0.29, 0.717) is 25.0 Å². The van der Waals surface area contributed by atoms with Gasteiger partial charge < -0.3 is 19.5 Å². The Hall–Kier alpha value is -3.25. The van der Waals surface area contributed by atoms with Crippen molar-refractivity contribution in [3.8, 4) is 11.5 Å². The van der Waals surface area contributed by atoms with Gasteiger partial charge in [-0.05, 0) is 95.5 Å². The number of hydrogen-bond donors (Lipinski definition) is 1. The fraction of sp³-hybridized carbons (Fsp3) is 0.562. The van der Waals surface area contributed by atoms with Gasteiger partial charge in [-0.15, -0.1) is 0 Å². The summed E-state index contributed by atoms with van der Waals surface area (Å²) in [5.41, 5.74) is 0.791. The molecule has 1 heterocycles. The van der Waals surface area contributed by atoms with E-state index in [2.05, 4.69) is 0 Å². The monoisotopic (exact) mass is 636 g/mol. The molecule has 4 rings (SSSR count). The van der Waals surface area contributed by atoms with Crippen LogP contribution in [0.4, 0.5) is 13.6 Å². The van der Waals surface area contributed by atoms with Crippen LogP contribution in [0.2, 0.25) is 0 Å². The van der Waals surface area contributed by atoms with E-state index in [1.165, 1.54) is 6.07 Å². The highest BCUT2D eigenvalue weighted by molar-refractivity contribution is 7.89. The molecule has 2 aliphatic rings. The first-order chi connectivity index (χ1) is 20.6. The summed E-state index contributed by atoms with van der Waals surface area (Å²) < 4.78 is 67.9. The number of aliphatic carboxylic acids is 1. The van der Waals surface area contributed by atoms with Crippen molar-refractivity contribution in [2.24, 2.45) is 0 Å². The second-order valence-corrected chi connectivity index (χ2v) is 14.5. The van der Waals surface area contributed by atoms with Gasteiger partial charge in [0.05, 0.1) is 0 Å². The summed E-state index contributed by atoms with van der Waals surface area (Å²) in [6.45, 7) is 7.48. The molecule has 1 aliphatic carbocycles.